The molecular weight excluding hydrogens is 358 g/mol. The van der Waals surface area contributed by atoms with Gasteiger partial charge in [0.2, 0.25) is 5.95 Å². The summed E-state index contributed by atoms with van der Waals surface area (Å²) in [5.41, 5.74) is 1.57. The number of hydrogen-bond donors (Lipinski definition) is 2. The van der Waals surface area contributed by atoms with E-state index < -0.39 is 0 Å². The van der Waals surface area contributed by atoms with Gasteiger partial charge < -0.3 is 24.8 Å². The molecule has 0 fully saturated rings. The molecule has 8 heteroatoms. The average Bonchev–Trinajstić information content (AvgIpc) is 2.70. The minimum absolute atomic E-state index is 0.133. The van der Waals surface area contributed by atoms with Gasteiger partial charge in [-0.1, -0.05) is 0 Å². The van der Waals surface area contributed by atoms with Crippen LogP contribution in [0.15, 0.2) is 48.7 Å². The van der Waals surface area contributed by atoms with Crippen LogP contribution in [0.3, 0.4) is 0 Å². The number of anilines is 4. The topological polar surface area (TPSA) is 90.4 Å². The molecule has 2 aromatic carbocycles. The number of nitrogens with one attached hydrogen (secondary N) is 2. The van der Waals surface area contributed by atoms with Crippen LogP contribution in [0.4, 0.5) is 23.1 Å². The summed E-state index contributed by atoms with van der Waals surface area (Å²) in [5, 5.41) is 14.3. The van der Waals surface area contributed by atoms with Crippen molar-refractivity contribution >= 4 is 23.1 Å². The quantitative estimate of drug-likeness (QED) is 0.601. The summed E-state index contributed by atoms with van der Waals surface area (Å²) < 4.78 is 16.2. The van der Waals surface area contributed by atoms with Crippen molar-refractivity contribution in [2.45, 2.75) is 20.0 Å². The van der Waals surface area contributed by atoms with E-state index in [1.54, 1.807) is 26.5 Å². The minimum Gasteiger partial charge on any atom is -0.497 e. The first kappa shape index (κ1) is 19.2. The molecule has 0 aliphatic rings. The molecule has 8 nitrogen and oxygen atoms in total. The van der Waals surface area contributed by atoms with Crippen molar-refractivity contribution in [2.24, 2.45) is 0 Å². The molecule has 1 heterocycles. The Balaban J connectivity index is 1.72. The largest absolute Gasteiger partial charge is 0.497 e. The van der Waals surface area contributed by atoms with E-state index in [9.17, 15) is 0 Å². The lowest BCUT2D eigenvalue weighted by molar-refractivity contribution is 0.242. The standard InChI is InChI=1S/C20H23N5O3/c1-13(2)28-15-7-5-14(6-8-15)22-19-12-21-25-20(24-19)23-17-10-9-16(26-3)11-18(17)27-4/h5-13H,1-4H3,(H2,22,23,24,25). The van der Waals surface area contributed by atoms with Gasteiger partial charge in [0.1, 0.15) is 17.2 Å². The summed E-state index contributed by atoms with van der Waals surface area (Å²) in [6.07, 6.45) is 1.68. The van der Waals surface area contributed by atoms with Crippen molar-refractivity contribution < 1.29 is 14.2 Å². The van der Waals surface area contributed by atoms with Gasteiger partial charge in [-0.3, -0.25) is 0 Å². The van der Waals surface area contributed by atoms with Crippen molar-refractivity contribution in [3.05, 3.63) is 48.7 Å². The molecular formula is C20H23N5O3. The van der Waals surface area contributed by atoms with Crippen LogP contribution < -0.4 is 24.8 Å². The molecule has 1 aromatic heterocycles. The number of aromatic nitrogens is 3. The highest BCUT2D eigenvalue weighted by Gasteiger charge is 2.08. The second kappa shape index (κ2) is 8.90. The third kappa shape index (κ3) is 5.00. The SMILES string of the molecule is COc1ccc(Nc2nncc(Nc3ccc(OC(C)C)cc3)n2)c(OC)c1. The Kier molecular flexibility index (Phi) is 6.11. The highest BCUT2D eigenvalue weighted by Crippen LogP contribution is 2.30. The smallest absolute Gasteiger partial charge is 0.249 e. The van der Waals surface area contributed by atoms with Crippen LogP contribution in [-0.2, 0) is 0 Å². The van der Waals surface area contributed by atoms with Gasteiger partial charge in [0.05, 0.1) is 32.2 Å². The van der Waals surface area contributed by atoms with Gasteiger partial charge in [0.25, 0.3) is 0 Å². The number of nitrogens with zero attached hydrogens (tertiary/aromatic N) is 3. The summed E-state index contributed by atoms with van der Waals surface area (Å²) >= 11 is 0. The lowest BCUT2D eigenvalue weighted by atomic mass is 10.2. The lowest BCUT2D eigenvalue weighted by Crippen LogP contribution is -2.05. The fourth-order valence-electron chi connectivity index (χ4n) is 2.48. The Hall–Kier alpha value is -3.55. The van der Waals surface area contributed by atoms with Gasteiger partial charge in [0, 0.05) is 11.8 Å². The molecule has 2 N–H and O–H groups in total. The maximum absolute atomic E-state index is 5.65. The zero-order valence-corrected chi connectivity index (χ0v) is 16.3. The predicted molar refractivity (Wildman–Crippen MR) is 108 cm³/mol. The molecule has 0 atom stereocenters. The normalized spacial score (nSPS) is 10.5. The molecule has 0 saturated carbocycles. The van der Waals surface area contributed by atoms with Crippen LogP contribution in [0, 0.1) is 0 Å². The van der Waals surface area contributed by atoms with Crippen LogP contribution in [0.2, 0.25) is 0 Å². The van der Waals surface area contributed by atoms with Crippen LogP contribution in [0.5, 0.6) is 17.2 Å². The number of ether oxygens (including phenoxy) is 3. The maximum atomic E-state index is 5.65. The van der Waals surface area contributed by atoms with E-state index in [4.69, 9.17) is 14.2 Å². The first-order valence-electron chi connectivity index (χ1n) is 8.80. The summed E-state index contributed by atoms with van der Waals surface area (Å²) in [7, 11) is 3.19. The van der Waals surface area contributed by atoms with E-state index in [1.807, 2.05) is 50.2 Å². The van der Waals surface area contributed by atoms with Crippen molar-refractivity contribution in [2.75, 3.05) is 24.9 Å². The summed E-state index contributed by atoms with van der Waals surface area (Å²) in [4.78, 5) is 4.44. The third-order valence-electron chi connectivity index (χ3n) is 3.71. The molecule has 0 aliphatic carbocycles. The van der Waals surface area contributed by atoms with Crippen LogP contribution >= 0.6 is 0 Å². The molecule has 0 amide bonds. The minimum atomic E-state index is 0.133. The zero-order valence-electron chi connectivity index (χ0n) is 16.3. The Morgan fingerprint density at radius 1 is 0.893 bits per heavy atom. The van der Waals surface area contributed by atoms with Crippen molar-refractivity contribution in [1.29, 1.82) is 0 Å². The summed E-state index contributed by atoms with van der Waals surface area (Å²) in [5.74, 6) is 3.02. The van der Waals surface area contributed by atoms with Gasteiger partial charge in [-0.2, -0.15) is 10.1 Å². The monoisotopic (exact) mass is 381 g/mol. The van der Waals surface area contributed by atoms with Crippen LogP contribution in [0.1, 0.15) is 13.8 Å². The molecule has 0 saturated heterocycles. The number of hydrogen-bond acceptors (Lipinski definition) is 8. The molecule has 0 bridgehead atoms. The van der Waals surface area contributed by atoms with Gasteiger partial charge in [-0.25, -0.2) is 0 Å². The molecule has 0 radical (unpaired) electrons. The molecule has 0 spiro atoms. The second-order valence-electron chi connectivity index (χ2n) is 6.17. The van der Waals surface area contributed by atoms with E-state index in [-0.39, 0.29) is 6.10 Å². The second-order valence-corrected chi connectivity index (χ2v) is 6.17. The maximum Gasteiger partial charge on any atom is 0.249 e. The number of rotatable bonds is 8. The zero-order chi connectivity index (χ0) is 19.9. The Morgan fingerprint density at radius 2 is 1.64 bits per heavy atom. The first-order valence-corrected chi connectivity index (χ1v) is 8.80. The van der Waals surface area contributed by atoms with Gasteiger partial charge in [-0.15, -0.1) is 5.10 Å². The Morgan fingerprint density at radius 3 is 2.32 bits per heavy atom. The van der Waals surface area contributed by atoms with E-state index in [1.165, 1.54) is 0 Å². The molecule has 28 heavy (non-hydrogen) atoms. The van der Waals surface area contributed by atoms with E-state index in [0.29, 0.717) is 29.0 Å². The molecule has 146 valence electrons. The van der Waals surface area contributed by atoms with Crippen molar-refractivity contribution in [1.82, 2.24) is 15.2 Å². The fraction of sp³-hybridized carbons (Fsp3) is 0.250. The molecule has 3 aromatic rings. The molecule has 3 rings (SSSR count). The van der Waals surface area contributed by atoms with Crippen LogP contribution in [0.25, 0.3) is 0 Å². The first-order chi connectivity index (χ1) is 13.6. The average molecular weight is 381 g/mol. The highest BCUT2D eigenvalue weighted by atomic mass is 16.5. The van der Waals surface area contributed by atoms with Crippen molar-refractivity contribution in [3.8, 4) is 17.2 Å². The van der Waals surface area contributed by atoms with Gasteiger partial charge >= 0.3 is 0 Å². The van der Waals surface area contributed by atoms with Gasteiger partial charge in [-0.05, 0) is 50.2 Å². The Labute approximate surface area is 163 Å². The highest BCUT2D eigenvalue weighted by molar-refractivity contribution is 5.65. The predicted octanol–water partition coefficient (Wildman–Crippen LogP) is 4.16. The van der Waals surface area contributed by atoms with Crippen LogP contribution in [-0.4, -0.2) is 35.5 Å². The van der Waals surface area contributed by atoms with Gasteiger partial charge in [0.15, 0.2) is 5.82 Å². The van der Waals surface area contributed by atoms with E-state index >= 15 is 0 Å². The Bertz CT molecular complexity index is 916. The van der Waals surface area contributed by atoms with E-state index in [2.05, 4.69) is 25.8 Å². The summed E-state index contributed by atoms with van der Waals surface area (Å²) in [6.45, 7) is 3.98. The fourth-order valence-corrected chi connectivity index (χ4v) is 2.48. The third-order valence-corrected chi connectivity index (χ3v) is 3.71. The van der Waals surface area contributed by atoms with Crippen molar-refractivity contribution in [3.63, 3.8) is 0 Å². The number of methoxy groups -OCH3 is 2. The molecule has 0 unspecified atom stereocenters. The lowest BCUT2D eigenvalue weighted by Gasteiger charge is -2.12. The molecule has 0 aliphatic heterocycles. The number of benzene rings is 2. The summed E-state index contributed by atoms with van der Waals surface area (Å²) in [6, 6.07) is 13.1. The van der Waals surface area contributed by atoms with E-state index in [0.717, 1.165) is 11.4 Å².